The number of hydrogen-bond donors (Lipinski definition) is 0. The number of fused-ring (bicyclic) bond motifs is 1. The van der Waals surface area contributed by atoms with E-state index in [0.717, 1.165) is 23.7 Å². The molecule has 2 rings (SSSR count). The minimum atomic E-state index is 0.977. The van der Waals surface area contributed by atoms with Crippen LogP contribution in [0.4, 0.5) is 0 Å². The molecule has 2 aliphatic rings. The van der Waals surface area contributed by atoms with Crippen molar-refractivity contribution in [3.8, 4) is 0 Å². The summed E-state index contributed by atoms with van der Waals surface area (Å²) in [4.78, 5) is 2.50. The zero-order chi connectivity index (χ0) is 8.01. The Morgan fingerprint density at radius 2 is 1.91 bits per heavy atom. The SMILES string of the molecule is CC1CC2CN(C)CC2C1C. The monoisotopic (exact) mass is 153 g/mol. The van der Waals surface area contributed by atoms with E-state index in [0.29, 0.717) is 0 Å². The minimum Gasteiger partial charge on any atom is -0.306 e. The van der Waals surface area contributed by atoms with Crippen LogP contribution in [0.1, 0.15) is 20.3 Å². The van der Waals surface area contributed by atoms with Gasteiger partial charge in [0.2, 0.25) is 0 Å². The van der Waals surface area contributed by atoms with Crippen LogP contribution in [-0.4, -0.2) is 25.0 Å². The molecule has 1 saturated heterocycles. The molecule has 1 heteroatoms. The van der Waals surface area contributed by atoms with Crippen molar-refractivity contribution in [2.45, 2.75) is 20.3 Å². The van der Waals surface area contributed by atoms with Gasteiger partial charge in [-0.3, -0.25) is 0 Å². The standard InChI is InChI=1S/C10H19N/c1-7-4-9-5-11(3)6-10(9)8(7)2/h7-10H,4-6H2,1-3H3. The lowest BCUT2D eigenvalue weighted by Gasteiger charge is -2.17. The van der Waals surface area contributed by atoms with E-state index in [1.54, 1.807) is 0 Å². The average molecular weight is 153 g/mol. The van der Waals surface area contributed by atoms with Gasteiger partial charge in [-0.15, -0.1) is 0 Å². The van der Waals surface area contributed by atoms with Gasteiger partial charge in [-0.25, -0.2) is 0 Å². The van der Waals surface area contributed by atoms with Crippen molar-refractivity contribution in [2.24, 2.45) is 23.7 Å². The van der Waals surface area contributed by atoms with Gasteiger partial charge in [0, 0.05) is 13.1 Å². The molecular weight excluding hydrogens is 134 g/mol. The van der Waals surface area contributed by atoms with Crippen molar-refractivity contribution in [1.82, 2.24) is 4.90 Å². The summed E-state index contributed by atoms with van der Waals surface area (Å²) in [5.41, 5.74) is 0. The Morgan fingerprint density at radius 1 is 1.18 bits per heavy atom. The zero-order valence-electron chi connectivity index (χ0n) is 7.88. The first-order chi connectivity index (χ1) is 5.18. The summed E-state index contributed by atoms with van der Waals surface area (Å²) < 4.78 is 0. The number of likely N-dealkylation sites (tertiary alicyclic amines) is 1. The third-order valence-electron chi connectivity index (χ3n) is 3.92. The molecule has 2 fully saturated rings. The zero-order valence-corrected chi connectivity index (χ0v) is 7.88. The highest BCUT2D eigenvalue weighted by atomic mass is 15.1. The summed E-state index contributed by atoms with van der Waals surface area (Å²) in [5, 5.41) is 0. The predicted molar refractivity (Wildman–Crippen MR) is 47.4 cm³/mol. The van der Waals surface area contributed by atoms with Gasteiger partial charge >= 0.3 is 0 Å². The van der Waals surface area contributed by atoms with Crippen LogP contribution in [0.5, 0.6) is 0 Å². The van der Waals surface area contributed by atoms with Crippen LogP contribution in [0.15, 0.2) is 0 Å². The van der Waals surface area contributed by atoms with Gasteiger partial charge in [0.15, 0.2) is 0 Å². The number of nitrogens with zero attached hydrogens (tertiary/aromatic N) is 1. The van der Waals surface area contributed by atoms with E-state index >= 15 is 0 Å². The van der Waals surface area contributed by atoms with E-state index < -0.39 is 0 Å². The molecule has 0 aromatic carbocycles. The molecule has 0 aromatic heterocycles. The molecular formula is C10H19N. The largest absolute Gasteiger partial charge is 0.306 e. The molecule has 0 amide bonds. The van der Waals surface area contributed by atoms with Crippen LogP contribution in [0.3, 0.4) is 0 Å². The highest BCUT2D eigenvalue weighted by molar-refractivity contribution is 4.93. The Bertz CT molecular complexity index is 155. The summed E-state index contributed by atoms with van der Waals surface area (Å²) in [6.45, 7) is 7.58. The molecule has 0 N–H and O–H groups in total. The molecule has 1 nitrogen and oxygen atoms in total. The first kappa shape index (κ1) is 7.60. The van der Waals surface area contributed by atoms with Crippen LogP contribution in [-0.2, 0) is 0 Å². The smallest absolute Gasteiger partial charge is 0.00125 e. The molecule has 11 heavy (non-hydrogen) atoms. The van der Waals surface area contributed by atoms with E-state index in [4.69, 9.17) is 0 Å². The van der Waals surface area contributed by atoms with Gasteiger partial charge in [0.25, 0.3) is 0 Å². The van der Waals surface area contributed by atoms with Crippen LogP contribution in [0.2, 0.25) is 0 Å². The van der Waals surface area contributed by atoms with Crippen LogP contribution < -0.4 is 0 Å². The van der Waals surface area contributed by atoms with Gasteiger partial charge in [0.05, 0.1) is 0 Å². The summed E-state index contributed by atoms with van der Waals surface area (Å²) in [6.07, 6.45) is 1.48. The van der Waals surface area contributed by atoms with Crippen LogP contribution in [0.25, 0.3) is 0 Å². The fourth-order valence-electron chi connectivity index (χ4n) is 3.08. The second-order valence-corrected chi connectivity index (χ2v) is 4.72. The van der Waals surface area contributed by atoms with Crippen molar-refractivity contribution in [3.63, 3.8) is 0 Å². The number of hydrogen-bond acceptors (Lipinski definition) is 1. The molecule has 1 aliphatic carbocycles. The van der Waals surface area contributed by atoms with Gasteiger partial charge < -0.3 is 4.90 Å². The fourth-order valence-corrected chi connectivity index (χ4v) is 3.08. The second kappa shape index (κ2) is 2.48. The van der Waals surface area contributed by atoms with E-state index in [2.05, 4.69) is 25.8 Å². The molecule has 0 bridgehead atoms. The third kappa shape index (κ3) is 1.10. The Morgan fingerprint density at radius 3 is 2.55 bits per heavy atom. The number of rotatable bonds is 0. The van der Waals surface area contributed by atoms with Crippen molar-refractivity contribution in [3.05, 3.63) is 0 Å². The third-order valence-corrected chi connectivity index (χ3v) is 3.92. The van der Waals surface area contributed by atoms with Gasteiger partial charge in [-0.1, -0.05) is 13.8 Å². The lowest BCUT2D eigenvalue weighted by atomic mass is 9.91. The molecule has 0 aromatic rings. The highest BCUT2D eigenvalue weighted by Gasteiger charge is 2.42. The Hall–Kier alpha value is -0.0400. The molecule has 1 heterocycles. The Labute approximate surface area is 69.8 Å². The van der Waals surface area contributed by atoms with Gasteiger partial charge in [-0.2, -0.15) is 0 Å². The molecule has 64 valence electrons. The minimum absolute atomic E-state index is 0.977. The maximum atomic E-state index is 2.50. The topological polar surface area (TPSA) is 3.24 Å². The van der Waals surface area contributed by atoms with Crippen molar-refractivity contribution in [1.29, 1.82) is 0 Å². The van der Waals surface area contributed by atoms with Crippen molar-refractivity contribution >= 4 is 0 Å². The predicted octanol–water partition coefficient (Wildman–Crippen LogP) is 1.84. The maximum absolute atomic E-state index is 2.50. The molecule has 0 spiro atoms. The first-order valence-electron chi connectivity index (χ1n) is 4.87. The van der Waals surface area contributed by atoms with Crippen molar-refractivity contribution in [2.75, 3.05) is 20.1 Å². The molecule has 4 atom stereocenters. The van der Waals surface area contributed by atoms with Gasteiger partial charge in [0.1, 0.15) is 0 Å². The van der Waals surface area contributed by atoms with E-state index in [1.165, 1.54) is 19.5 Å². The summed E-state index contributed by atoms with van der Waals surface area (Å²) in [6, 6.07) is 0. The Balaban J connectivity index is 2.07. The first-order valence-corrected chi connectivity index (χ1v) is 4.87. The molecule has 1 aliphatic heterocycles. The average Bonchev–Trinajstić information content (AvgIpc) is 2.37. The normalized spacial score (nSPS) is 51.5. The Kier molecular flexibility index (Phi) is 1.71. The molecule has 1 saturated carbocycles. The molecule has 0 radical (unpaired) electrons. The van der Waals surface area contributed by atoms with Crippen molar-refractivity contribution < 1.29 is 0 Å². The lowest BCUT2D eigenvalue weighted by molar-refractivity contribution is 0.307. The van der Waals surface area contributed by atoms with Crippen LogP contribution >= 0.6 is 0 Å². The second-order valence-electron chi connectivity index (χ2n) is 4.72. The molecule has 4 unspecified atom stereocenters. The van der Waals surface area contributed by atoms with E-state index in [9.17, 15) is 0 Å². The summed E-state index contributed by atoms with van der Waals surface area (Å²) >= 11 is 0. The summed E-state index contributed by atoms with van der Waals surface area (Å²) in [7, 11) is 2.26. The summed E-state index contributed by atoms with van der Waals surface area (Å²) in [5.74, 6) is 4.02. The van der Waals surface area contributed by atoms with Crippen LogP contribution in [0, 0.1) is 23.7 Å². The van der Waals surface area contributed by atoms with E-state index in [1.807, 2.05) is 0 Å². The van der Waals surface area contributed by atoms with Gasteiger partial charge in [-0.05, 0) is 37.1 Å². The lowest BCUT2D eigenvalue weighted by Crippen LogP contribution is -2.19. The van der Waals surface area contributed by atoms with E-state index in [-0.39, 0.29) is 0 Å². The maximum Gasteiger partial charge on any atom is 0.00125 e. The quantitative estimate of drug-likeness (QED) is 0.513. The highest BCUT2D eigenvalue weighted by Crippen LogP contribution is 2.44. The fraction of sp³-hybridized carbons (Fsp3) is 1.00.